The molecule has 0 saturated heterocycles. The van der Waals surface area contributed by atoms with Gasteiger partial charge in [0.15, 0.2) is 0 Å². The smallest absolute Gasteiger partial charge is 0.361 e. The Morgan fingerprint density at radius 3 is 2.42 bits per heavy atom. The Bertz CT molecular complexity index is 809. The zero-order valence-electron chi connectivity index (χ0n) is 12.3. The van der Waals surface area contributed by atoms with E-state index < -0.39 is 24.8 Å². The fraction of sp³-hybridized carbons (Fsp3) is 0.176. The number of halogens is 3. The second-order valence-corrected chi connectivity index (χ2v) is 5.37. The maximum atomic E-state index is 12.9. The third kappa shape index (κ3) is 3.04. The van der Waals surface area contributed by atoms with Crippen LogP contribution < -0.4 is 5.32 Å². The van der Waals surface area contributed by atoms with Crippen LogP contribution in [0.15, 0.2) is 48.5 Å². The van der Waals surface area contributed by atoms with Gasteiger partial charge in [-0.1, -0.05) is 24.3 Å². The van der Waals surface area contributed by atoms with Gasteiger partial charge in [-0.05, 0) is 29.8 Å². The standard InChI is InChI=1S/C17H12F3N3O/c18-17(19,20)10-23-15(12-7-5-11(9-21)6-8-12)22-14-4-2-1-3-13(14)16(23)24/h1-8,15,22H,10H2. The van der Waals surface area contributed by atoms with Crippen LogP contribution >= 0.6 is 0 Å². The third-order valence-electron chi connectivity index (χ3n) is 3.73. The van der Waals surface area contributed by atoms with Gasteiger partial charge >= 0.3 is 6.18 Å². The molecule has 1 N–H and O–H groups in total. The Hall–Kier alpha value is -3.01. The fourth-order valence-corrected chi connectivity index (χ4v) is 2.65. The van der Waals surface area contributed by atoms with Crippen molar-refractivity contribution in [2.45, 2.75) is 12.3 Å². The van der Waals surface area contributed by atoms with Gasteiger partial charge in [0, 0.05) is 5.69 Å². The molecule has 1 aliphatic heterocycles. The van der Waals surface area contributed by atoms with E-state index in [9.17, 15) is 18.0 Å². The van der Waals surface area contributed by atoms with Crippen molar-refractivity contribution in [3.63, 3.8) is 0 Å². The van der Waals surface area contributed by atoms with E-state index in [1.807, 2.05) is 6.07 Å². The Balaban J connectivity index is 2.03. The van der Waals surface area contributed by atoms with Crippen molar-refractivity contribution < 1.29 is 18.0 Å². The predicted octanol–water partition coefficient (Wildman–Crippen LogP) is 3.69. The lowest BCUT2D eigenvalue weighted by Crippen LogP contribution is -2.47. The average Bonchev–Trinajstić information content (AvgIpc) is 2.56. The van der Waals surface area contributed by atoms with Crippen LogP contribution in [0.2, 0.25) is 0 Å². The Labute approximate surface area is 136 Å². The molecule has 1 unspecified atom stereocenters. The van der Waals surface area contributed by atoms with Crippen LogP contribution in [-0.2, 0) is 0 Å². The minimum Gasteiger partial charge on any atom is -0.361 e. The van der Waals surface area contributed by atoms with Crippen molar-refractivity contribution in [1.82, 2.24) is 4.90 Å². The number of anilines is 1. The second kappa shape index (κ2) is 5.89. The van der Waals surface area contributed by atoms with E-state index in [0.717, 1.165) is 4.90 Å². The van der Waals surface area contributed by atoms with Gasteiger partial charge in [-0.2, -0.15) is 18.4 Å². The molecule has 24 heavy (non-hydrogen) atoms. The molecule has 3 rings (SSSR count). The second-order valence-electron chi connectivity index (χ2n) is 5.37. The summed E-state index contributed by atoms with van der Waals surface area (Å²) in [6.45, 7) is -1.36. The van der Waals surface area contributed by atoms with Crippen molar-refractivity contribution >= 4 is 11.6 Å². The number of benzene rings is 2. The molecule has 0 aromatic heterocycles. The van der Waals surface area contributed by atoms with E-state index in [1.54, 1.807) is 30.3 Å². The molecule has 1 atom stereocenters. The van der Waals surface area contributed by atoms with Crippen LogP contribution in [0.3, 0.4) is 0 Å². The van der Waals surface area contributed by atoms with E-state index in [2.05, 4.69) is 5.32 Å². The minimum atomic E-state index is -4.52. The first-order valence-corrected chi connectivity index (χ1v) is 7.12. The van der Waals surface area contributed by atoms with E-state index in [-0.39, 0.29) is 5.56 Å². The molecule has 1 heterocycles. The molecule has 1 amide bonds. The maximum Gasteiger partial charge on any atom is 0.406 e. The van der Waals surface area contributed by atoms with Gasteiger partial charge in [-0.25, -0.2) is 0 Å². The number of carbonyl (C=O) groups excluding carboxylic acids is 1. The number of para-hydroxylation sites is 1. The van der Waals surface area contributed by atoms with Gasteiger partial charge in [-0.3, -0.25) is 4.79 Å². The number of rotatable bonds is 2. The van der Waals surface area contributed by atoms with Crippen LogP contribution in [-0.4, -0.2) is 23.5 Å². The molecule has 7 heteroatoms. The van der Waals surface area contributed by atoms with Crippen molar-refractivity contribution in [3.05, 3.63) is 65.2 Å². The van der Waals surface area contributed by atoms with Gasteiger partial charge in [0.05, 0.1) is 17.2 Å². The molecule has 2 aromatic rings. The van der Waals surface area contributed by atoms with Gasteiger partial charge in [0.25, 0.3) is 5.91 Å². The number of hydrogen-bond donors (Lipinski definition) is 1. The van der Waals surface area contributed by atoms with E-state index in [0.29, 0.717) is 16.8 Å². The van der Waals surface area contributed by atoms with Crippen molar-refractivity contribution in [3.8, 4) is 6.07 Å². The first-order valence-electron chi connectivity index (χ1n) is 7.12. The summed E-state index contributed by atoms with van der Waals surface area (Å²) >= 11 is 0. The van der Waals surface area contributed by atoms with Gasteiger partial charge in [-0.15, -0.1) is 0 Å². The molecule has 0 fully saturated rings. The monoisotopic (exact) mass is 331 g/mol. The molecule has 0 spiro atoms. The topological polar surface area (TPSA) is 56.1 Å². The van der Waals surface area contributed by atoms with Gasteiger partial charge in [0.1, 0.15) is 12.7 Å². The zero-order valence-corrected chi connectivity index (χ0v) is 12.3. The van der Waals surface area contributed by atoms with Gasteiger partial charge in [0.2, 0.25) is 0 Å². The summed E-state index contributed by atoms with van der Waals surface area (Å²) in [4.78, 5) is 13.3. The molecule has 0 saturated carbocycles. The molecule has 0 aliphatic carbocycles. The van der Waals surface area contributed by atoms with Crippen LogP contribution in [0.1, 0.15) is 27.7 Å². The number of nitriles is 1. The minimum absolute atomic E-state index is 0.201. The van der Waals surface area contributed by atoms with Crippen molar-refractivity contribution in [2.24, 2.45) is 0 Å². The molecule has 0 radical (unpaired) electrons. The number of alkyl halides is 3. The highest BCUT2D eigenvalue weighted by Crippen LogP contribution is 2.35. The summed E-state index contributed by atoms with van der Waals surface area (Å²) in [5, 5.41) is 11.8. The molecule has 4 nitrogen and oxygen atoms in total. The highest BCUT2D eigenvalue weighted by molar-refractivity contribution is 6.01. The zero-order chi connectivity index (χ0) is 17.3. The molecule has 1 aliphatic rings. The van der Waals surface area contributed by atoms with Crippen LogP contribution in [0, 0.1) is 11.3 Å². The lowest BCUT2D eigenvalue weighted by atomic mass is 10.0. The number of amides is 1. The first-order chi connectivity index (χ1) is 11.4. The highest BCUT2D eigenvalue weighted by atomic mass is 19.4. The van der Waals surface area contributed by atoms with E-state index in [1.165, 1.54) is 18.2 Å². The largest absolute Gasteiger partial charge is 0.406 e. The number of nitrogens with zero attached hydrogens (tertiary/aromatic N) is 2. The number of fused-ring (bicyclic) bond motifs is 1. The summed E-state index contributed by atoms with van der Waals surface area (Å²) in [5.74, 6) is -0.684. The average molecular weight is 331 g/mol. The molecule has 2 aromatic carbocycles. The van der Waals surface area contributed by atoms with Gasteiger partial charge < -0.3 is 10.2 Å². The number of hydrogen-bond acceptors (Lipinski definition) is 3. The fourth-order valence-electron chi connectivity index (χ4n) is 2.65. The van der Waals surface area contributed by atoms with E-state index >= 15 is 0 Å². The molecular formula is C17H12F3N3O. The van der Waals surface area contributed by atoms with Crippen molar-refractivity contribution in [2.75, 3.05) is 11.9 Å². The van der Waals surface area contributed by atoms with Crippen molar-refractivity contribution in [1.29, 1.82) is 5.26 Å². The molecule has 122 valence electrons. The summed E-state index contributed by atoms with van der Waals surface area (Å²) in [6, 6.07) is 14.5. The quantitative estimate of drug-likeness (QED) is 0.913. The SMILES string of the molecule is N#Cc1ccc(C2Nc3ccccc3C(=O)N2CC(F)(F)F)cc1. The summed E-state index contributed by atoms with van der Waals surface area (Å²) in [6.07, 6.45) is -5.48. The lowest BCUT2D eigenvalue weighted by molar-refractivity contribution is -0.144. The lowest BCUT2D eigenvalue weighted by Gasteiger charge is -2.38. The highest BCUT2D eigenvalue weighted by Gasteiger charge is 2.40. The third-order valence-corrected chi connectivity index (χ3v) is 3.73. The summed E-state index contributed by atoms with van der Waals surface area (Å²) < 4.78 is 38.8. The normalized spacial score (nSPS) is 17.0. The predicted molar refractivity (Wildman–Crippen MR) is 81.1 cm³/mol. The summed E-state index contributed by atoms with van der Waals surface area (Å²) in [7, 11) is 0. The van der Waals surface area contributed by atoms with Crippen LogP contribution in [0.5, 0.6) is 0 Å². The number of carbonyl (C=O) groups is 1. The first kappa shape index (κ1) is 15.9. The Kier molecular flexibility index (Phi) is 3.89. The number of nitrogens with one attached hydrogen (secondary N) is 1. The van der Waals surface area contributed by atoms with E-state index in [4.69, 9.17) is 5.26 Å². The Morgan fingerprint density at radius 1 is 1.12 bits per heavy atom. The summed E-state index contributed by atoms with van der Waals surface area (Å²) in [5.41, 5.74) is 1.55. The Morgan fingerprint density at radius 2 is 1.79 bits per heavy atom. The van der Waals surface area contributed by atoms with Crippen LogP contribution in [0.25, 0.3) is 0 Å². The molecular weight excluding hydrogens is 319 g/mol. The maximum absolute atomic E-state index is 12.9. The molecule has 0 bridgehead atoms. The van der Waals surface area contributed by atoms with Crippen LogP contribution in [0.4, 0.5) is 18.9 Å².